The summed E-state index contributed by atoms with van der Waals surface area (Å²) in [5.74, 6) is 0.809. The van der Waals surface area contributed by atoms with Crippen molar-refractivity contribution in [3.05, 3.63) is 55.7 Å². The average molecular weight is 373 g/mol. The molecule has 1 aromatic carbocycles. The Kier molecular flexibility index (Phi) is 5.77. The van der Waals surface area contributed by atoms with Crippen LogP contribution in [0.25, 0.3) is 6.08 Å². The van der Waals surface area contributed by atoms with Crippen molar-refractivity contribution in [1.82, 2.24) is 0 Å². The van der Waals surface area contributed by atoms with Gasteiger partial charge in [0.25, 0.3) is 0 Å². The lowest BCUT2D eigenvalue weighted by Crippen LogP contribution is -1.96. The summed E-state index contributed by atoms with van der Waals surface area (Å²) in [7, 11) is 0. The Labute approximate surface area is 142 Å². The van der Waals surface area contributed by atoms with E-state index in [0.717, 1.165) is 27.1 Å². The van der Waals surface area contributed by atoms with Gasteiger partial charge in [0, 0.05) is 19.8 Å². The fraction of sp³-hybridized carbons (Fsp3) is 0.176. The number of ether oxygens (including phenoxy) is 1. The second-order valence-corrected chi connectivity index (χ2v) is 6.56. The lowest BCUT2D eigenvalue weighted by Gasteiger charge is -2.06. The van der Waals surface area contributed by atoms with Crippen molar-refractivity contribution in [3.63, 3.8) is 0 Å². The minimum Gasteiger partial charge on any atom is -0.489 e. The van der Waals surface area contributed by atoms with E-state index in [1.807, 2.05) is 42.5 Å². The molecular weight excluding hydrogens is 360 g/mol. The maximum absolute atomic E-state index is 8.83. The third kappa shape index (κ3) is 4.21. The van der Waals surface area contributed by atoms with Gasteiger partial charge in [-0.05, 0) is 42.8 Å². The molecule has 1 heterocycles. The molecule has 0 aliphatic heterocycles. The summed E-state index contributed by atoms with van der Waals surface area (Å²) in [5, 5.41) is 17.7. The van der Waals surface area contributed by atoms with Crippen LogP contribution in [0.3, 0.4) is 0 Å². The molecule has 0 saturated carbocycles. The molecule has 0 radical (unpaired) electrons. The van der Waals surface area contributed by atoms with Crippen molar-refractivity contribution in [2.75, 3.05) is 0 Å². The topological polar surface area (TPSA) is 56.8 Å². The third-order valence-corrected chi connectivity index (χ3v) is 4.77. The molecule has 0 amide bonds. The van der Waals surface area contributed by atoms with E-state index >= 15 is 0 Å². The van der Waals surface area contributed by atoms with Crippen molar-refractivity contribution in [2.24, 2.45) is 0 Å². The summed E-state index contributed by atoms with van der Waals surface area (Å²) in [4.78, 5) is 2.11. The molecule has 3 nitrogen and oxygen atoms in total. The van der Waals surface area contributed by atoms with Crippen LogP contribution < -0.4 is 4.74 Å². The summed E-state index contributed by atoms with van der Waals surface area (Å²) in [6.45, 7) is 2.56. The largest absolute Gasteiger partial charge is 0.489 e. The SMILES string of the molecule is CCc1sc(C=C(C#N)C#N)cc1COc1ccc(Br)cc1. The van der Waals surface area contributed by atoms with Gasteiger partial charge in [-0.3, -0.25) is 0 Å². The van der Waals surface area contributed by atoms with Crippen LogP contribution in [0.15, 0.2) is 40.4 Å². The highest BCUT2D eigenvalue weighted by atomic mass is 79.9. The molecule has 0 fully saturated rings. The molecule has 110 valence electrons. The quantitative estimate of drug-likeness (QED) is 0.687. The summed E-state index contributed by atoms with van der Waals surface area (Å²) in [5.41, 5.74) is 1.21. The smallest absolute Gasteiger partial charge is 0.131 e. The lowest BCUT2D eigenvalue weighted by atomic mass is 10.2. The van der Waals surface area contributed by atoms with Crippen LogP contribution in [-0.4, -0.2) is 0 Å². The zero-order valence-electron chi connectivity index (χ0n) is 12.0. The molecule has 0 bridgehead atoms. The van der Waals surface area contributed by atoms with Crippen molar-refractivity contribution >= 4 is 33.3 Å². The minimum absolute atomic E-state index is 0.115. The number of rotatable bonds is 5. The molecule has 2 aromatic rings. The fourth-order valence-electron chi connectivity index (χ4n) is 1.91. The van der Waals surface area contributed by atoms with Gasteiger partial charge in [-0.15, -0.1) is 11.3 Å². The predicted molar refractivity (Wildman–Crippen MR) is 91.4 cm³/mol. The van der Waals surface area contributed by atoms with Crippen LogP contribution in [0.2, 0.25) is 0 Å². The van der Waals surface area contributed by atoms with Crippen LogP contribution in [0.5, 0.6) is 5.75 Å². The second-order valence-electron chi connectivity index (χ2n) is 4.47. The third-order valence-electron chi connectivity index (χ3n) is 2.97. The molecule has 0 atom stereocenters. The van der Waals surface area contributed by atoms with E-state index in [-0.39, 0.29) is 5.57 Å². The zero-order valence-corrected chi connectivity index (χ0v) is 14.4. The molecule has 2 rings (SSSR count). The van der Waals surface area contributed by atoms with E-state index in [1.54, 1.807) is 17.4 Å². The van der Waals surface area contributed by atoms with Crippen molar-refractivity contribution < 1.29 is 4.74 Å². The normalized spacial score (nSPS) is 9.64. The van der Waals surface area contributed by atoms with Crippen LogP contribution >= 0.6 is 27.3 Å². The molecule has 0 aliphatic rings. The van der Waals surface area contributed by atoms with Crippen molar-refractivity contribution in [2.45, 2.75) is 20.0 Å². The first-order valence-electron chi connectivity index (χ1n) is 6.68. The molecule has 1 aromatic heterocycles. The molecule has 0 spiro atoms. The van der Waals surface area contributed by atoms with E-state index in [2.05, 4.69) is 22.9 Å². The van der Waals surface area contributed by atoms with Gasteiger partial charge >= 0.3 is 0 Å². The predicted octanol–water partition coefficient (Wildman–Crippen LogP) is 5.08. The first-order valence-corrected chi connectivity index (χ1v) is 8.29. The number of benzene rings is 1. The van der Waals surface area contributed by atoms with Crippen LogP contribution in [0, 0.1) is 22.7 Å². The van der Waals surface area contributed by atoms with E-state index in [1.165, 1.54) is 4.88 Å². The molecule has 0 saturated heterocycles. The number of nitrogens with zero attached hydrogens (tertiary/aromatic N) is 2. The number of thiophene rings is 1. The highest BCUT2D eigenvalue weighted by molar-refractivity contribution is 9.10. The van der Waals surface area contributed by atoms with E-state index < -0.39 is 0 Å². The van der Waals surface area contributed by atoms with Gasteiger partial charge in [-0.25, -0.2) is 0 Å². The standard InChI is InChI=1S/C17H13BrN2OS/c1-2-17-13(8-16(22-17)7-12(9-19)10-20)11-21-15-5-3-14(18)4-6-15/h3-8H,2,11H2,1H3. The number of aryl methyl sites for hydroxylation is 1. The lowest BCUT2D eigenvalue weighted by molar-refractivity contribution is 0.305. The monoisotopic (exact) mass is 372 g/mol. The van der Waals surface area contributed by atoms with E-state index in [0.29, 0.717) is 6.61 Å². The highest BCUT2D eigenvalue weighted by Gasteiger charge is 2.08. The number of hydrogen-bond donors (Lipinski definition) is 0. The van der Waals surface area contributed by atoms with Gasteiger partial charge < -0.3 is 4.74 Å². The Balaban J connectivity index is 2.15. The second kappa shape index (κ2) is 7.79. The fourth-order valence-corrected chi connectivity index (χ4v) is 3.23. The summed E-state index contributed by atoms with van der Waals surface area (Å²) < 4.78 is 6.81. The zero-order chi connectivity index (χ0) is 15.9. The van der Waals surface area contributed by atoms with Crippen molar-refractivity contribution in [1.29, 1.82) is 10.5 Å². The Morgan fingerprint density at radius 3 is 2.55 bits per heavy atom. The van der Waals surface area contributed by atoms with Crippen LogP contribution in [0.4, 0.5) is 0 Å². The maximum Gasteiger partial charge on any atom is 0.131 e. The minimum atomic E-state index is 0.115. The molecular formula is C17H13BrN2OS. The van der Waals surface area contributed by atoms with Gasteiger partial charge in [-0.2, -0.15) is 10.5 Å². The van der Waals surface area contributed by atoms with Gasteiger partial charge in [0.15, 0.2) is 0 Å². The molecule has 22 heavy (non-hydrogen) atoms. The molecule has 0 N–H and O–H groups in total. The summed E-state index contributed by atoms with van der Waals surface area (Å²) >= 11 is 4.98. The van der Waals surface area contributed by atoms with Crippen molar-refractivity contribution in [3.8, 4) is 17.9 Å². The van der Waals surface area contributed by atoms with Gasteiger partial charge in [0.05, 0.1) is 0 Å². The number of nitriles is 2. The van der Waals surface area contributed by atoms with E-state index in [9.17, 15) is 0 Å². The number of allylic oxidation sites excluding steroid dienone is 1. The van der Waals surface area contributed by atoms with Gasteiger partial charge in [0.2, 0.25) is 0 Å². The Hall–Kier alpha value is -2.08. The Morgan fingerprint density at radius 1 is 1.27 bits per heavy atom. The number of halogens is 1. The van der Waals surface area contributed by atoms with Gasteiger partial charge in [0.1, 0.15) is 30.1 Å². The van der Waals surface area contributed by atoms with Crippen LogP contribution in [-0.2, 0) is 13.0 Å². The van der Waals surface area contributed by atoms with Gasteiger partial charge in [-0.1, -0.05) is 22.9 Å². The molecule has 0 aliphatic carbocycles. The van der Waals surface area contributed by atoms with E-state index in [4.69, 9.17) is 15.3 Å². The highest BCUT2D eigenvalue weighted by Crippen LogP contribution is 2.27. The number of hydrogen-bond acceptors (Lipinski definition) is 4. The maximum atomic E-state index is 8.83. The average Bonchev–Trinajstić information content (AvgIpc) is 2.94. The molecule has 5 heteroatoms. The first kappa shape index (κ1) is 16.3. The Bertz CT molecular complexity index is 747. The Morgan fingerprint density at radius 2 is 1.95 bits per heavy atom. The summed E-state index contributed by atoms with van der Waals surface area (Å²) in [6, 6.07) is 13.4. The summed E-state index contributed by atoms with van der Waals surface area (Å²) in [6.07, 6.45) is 2.51. The molecule has 0 unspecified atom stereocenters. The first-order chi connectivity index (χ1) is 10.7. The van der Waals surface area contributed by atoms with Crippen LogP contribution in [0.1, 0.15) is 22.2 Å².